The largest absolute Gasteiger partial charge is 0.471 e. The van der Waals surface area contributed by atoms with E-state index in [1.54, 1.807) is 18.2 Å². The summed E-state index contributed by atoms with van der Waals surface area (Å²) in [6.45, 7) is -0.301. The van der Waals surface area contributed by atoms with Crippen LogP contribution in [0.4, 0.5) is 30.4 Å². The zero-order chi connectivity index (χ0) is 15.9. The topological polar surface area (TPSA) is 49.3 Å². The molecule has 2 heterocycles. The fourth-order valence-electron chi connectivity index (χ4n) is 2.21. The summed E-state index contributed by atoms with van der Waals surface area (Å²) in [5.41, 5.74) is 0.606. The highest BCUT2D eigenvalue weighted by atomic mass is 35.5. The molecule has 22 heavy (non-hydrogen) atoms. The lowest BCUT2D eigenvalue weighted by Crippen LogP contribution is -2.42. The van der Waals surface area contributed by atoms with E-state index in [2.05, 4.69) is 9.97 Å². The van der Waals surface area contributed by atoms with Crippen LogP contribution in [-0.2, 0) is 4.79 Å². The Hall–Kier alpha value is -2.35. The molecule has 1 aliphatic heterocycles. The molecule has 0 N–H and O–H groups in total. The molecule has 1 amide bonds. The third-order valence-corrected chi connectivity index (χ3v) is 3.30. The summed E-state index contributed by atoms with van der Waals surface area (Å²) < 4.78 is 38.2. The first-order valence-electron chi connectivity index (χ1n) is 6.12. The standard InChI is InChI=1S/C13H8ClF3N4O/c14-12-18-6-5-10(19-12)20-7-21(11(22)13(15,16)17)9-4-2-1-3-8(9)20/h1-6H,7H2. The maximum atomic E-state index is 12.7. The summed E-state index contributed by atoms with van der Waals surface area (Å²) in [7, 11) is 0. The fraction of sp³-hybridized carbons (Fsp3) is 0.154. The van der Waals surface area contributed by atoms with Crippen LogP contribution in [0, 0.1) is 0 Å². The normalized spacial score (nSPS) is 14.2. The number of aromatic nitrogens is 2. The zero-order valence-electron chi connectivity index (χ0n) is 10.9. The molecule has 0 saturated heterocycles. The van der Waals surface area contributed by atoms with Gasteiger partial charge in [-0.3, -0.25) is 9.69 Å². The molecule has 0 radical (unpaired) electrons. The van der Waals surface area contributed by atoms with E-state index in [1.807, 2.05) is 0 Å². The summed E-state index contributed by atoms with van der Waals surface area (Å²) in [6, 6.07) is 7.78. The van der Waals surface area contributed by atoms with Gasteiger partial charge in [-0.1, -0.05) is 12.1 Å². The molecule has 1 aliphatic rings. The Balaban J connectivity index is 2.04. The van der Waals surface area contributed by atoms with Crippen molar-refractivity contribution in [2.45, 2.75) is 6.18 Å². The van der Waals surface area contributed by atoms with Crippen molar-refractivity contribution in [2.24, 2.45) is 0 Å². The highest BCUT2D eigenvalue weighted by Gasteiger charge is 2.46. The number of amides is 1. The summed E-state index contributed by atoms with van der Waals surface area (Å²) in [6.07, 6.45) is -3.56. The van der Waals surface area contributed by atoms with Gasteiger partial charge in [0.25, 0.3) is 0 Å². The Labute approximate surface area is 127 Å². The monoisotopic (exact) mass is 328 g/mol. The van der Waals surface area contributed by atoms with Crippen molar-refractivity contribution in [2.75, 3.05) is 16.5 Å². The smallest absolute Gasteiger partial charge is 0.305 e. The van der Waals surface area contributed by atoms with E-state index in [0.29, 0.717) is 16.4 Å². The molecule has 0 spiro atoms. The number of anilines is 3. The van der Waals surface area contributed by atoms with E-state index >= 15 is 0 Å². The molecular weight excluding hydrogens is 321 g/mol. The van der Waals surface area contributed by atoms with Crippen molar-refractivity contribution >= 4 is 34.7 Å². The first-order valence-corrected chi connectivity index (χ1v) is 6.49. The Kier molecular flexibility index (Phi) is 3.40. The van der Waals surface area contributed by atoms with Gasteiger partial charge >= 0.3 is 12.1 Å². The summed E-state index contributed by atoms with van der Waals surface area (Å²) in [4.78, 5) is 21.4. The van der Waals surface area contributed by atoms with Gasteiger partial charge in [-0.25, -0.2) is 9.97 Å². The van der Waals surface area contributed by atoms with E-state index < -0.39 is 12.1 Å². The maximum absolute atomic E-state index is 12.7. The van der Waals surface area contributed by atoms with Gasteiger partial charge in [0, 0.05) is 6.20 Å². The van der Waals surface area contributed by atoms with E-state index in [0.717, 1.165) is 0 Å². The molecule has 1 aromatic carbocycles. The molecule has 114 valence electrons. The van der Waals surface area contributed by atoms with Gasteiger partial charge in [0.2, 0.25) is 5.28 Å². The van der Waals surface area contributed by atoms with Crippen LogP contribution >= 0.6 is 11.6 Å². The number of rotatable bonds is 1. The van der Waals surface area contributed by atoms with Gasteiger partial charge in [-0.05, 0) is 29.8 Å². The maximum Gasteiger partial charge on any atom is 0.471 e. The van der Waals surface area contributed by atoms with E-state index in [9.17, 15) is 18.0 Å². The summed E-state index contributed by atoms with van der Waals surface area (Å²) in [5.74, 6) is -1.62. The SMILES string of the molecule is O=C(N1CN(c2ccnc(Cl)n2)c2ccccc21)C(F)(F)F. The minimum atomic E-state index is -4.95. The van der Waals surface area contributed by atoms with Crippen LogP contribution in [0.25, 0.3) is 0 Å². The second kappa shape index (κ2) is 5.13. The quantitative estimate of drug-likeness (QED) is 0.755. The molecule has 3 rings (SSSR count). The van der Waals surface area contributed by atoms with Crippen LogP contribution in [0.3, 0.4) is 0 Å². The predicted octanol–water partition coefficient (Wildman–Crippen LogP) is 3.13. The molecule has 0 fully saturated rings. The first kappa shape index (κ1) is 14.6. The Morgan fingerprint density at radius 3 is 2.50 bits per heavy atom. The number of hydrogen-bond acceptors (Lipinski definition) is 4. The van der Waals surface area contributed by atoms with Crippen LogP contribution < -0.4 is 9.80 Å². The lowest BCUT2D eigenvalue weighted by Gasteiger charge is -2.20. The van der Waals surface area contributed by atoms with Gasteiger partial charge in [-0.2, -0.15) is 13.2 Å². The molecule has 2 aromatic rings. The Morgan fingerprint density at radius 1 is 1.18 bits per heavy atom. The molecule has 0 bridgehead atoms. The van der Waals surface area contributed by atoms with Crippen LogP contribution in [0.2, 0.25) is 5.28 Å². The number of carbonyl (C=O) groups excluding carboxylic acids is 1. The van der Waals surface area contributed by atoms with Gasteiger partial charge < -0.3 is 4.90 Å². The average molecular weight is 329 g/mol. The third kappa shape index (κ3) is 2.45. The van der Waals surface area contributed by atoms with Crippen LogP contribution in [0.5, 0.6) is 0 Å². The molecule has 0 aliphatic carbocycles. The van der Waals surface area contributed by atoms with Gasteiger partial charge in [0.1, 0.15) is 12.5 Å². The molecular formula is C13H8ClF3N4O. The van der Waals surface area contributed by atoms with Gasteiger partial charge in [0.05, 0.1) is 11.4 Å². The van der Waals surface area contributed by atoms with Crippen molar-refractivity contribution in [3.8, 4) is 0 Å². The third-order valence-electron chi connectivity index (χ3n) is 3.12. The van der Waals surface area contributed by atoms with Crippen molar-refractivity contribution < 1.29 is 18.0 Å². The number of halogens is 4. The number of para-hydroxylation sites is 2. The van der Waals surface area contributed by atoms with E-state index in [1.165, 1.54) is 23.2 Å². The molecule has 0 saturated carbocycles. The molecule has 0 unspecified atom stereocenters. The number of fused-ring (bicyclic) bond motifs is 1. The molecule has 0 atom stereocenters. The molecule has 1 aromatic heterocycles. The number of nitrogens with zero attached hydrogens (tertiary/aromatic N) is 4. The second-order valence-electron chi connectivity index (χ2n) is 4.47. The van der Waals surface area contributed by atoms with Crippen LogP contribution in [-0.4, -0.2) is 28.7 Å². The molecule has 5 nitrogen and oxygen atoms in total. The van der Waals surface area contributed by atoms with E-state index in [-0.39, 0.29) is 17.6 Å². The van der Waals surface area contributed by atoms with Crippen LogP contribution in [0.1, 0.15) is 0 Å². The van der Waals surface area contributed by atoms with Crippen molar-refractivity contribution in [1.82, 2.24) is 9.97 Å². The number of hydrogen-bond donors (Lipinski definition) is 0. The number of benzene rings is 1. The average Bonchev–Trinajstić information content (AvgIpc) is 2.85. The van der Waals surface area contributed by atoms with Gasteiger partial charge in [-0.15, -0.1) is 0 Å². The Morgan fingerprint density at radius 2 is 1.86 bits per heavy atom. The lowest BCUT2D eigenvalue weighted by molar-refractivity contribution is -0.170. The second-order valence-corrected chi connectivity index (χ2v) is 4.81. The number of alkyl halides is 3. The van der Waals surface area contributed by atoms with Crippen molar-refractivity contribution in [3.63, 3.8) is 0 Å². The Bertz CT molecular complexity index is 737. The fourth-order valence-corrected chi connectivity index (χ4v) is 2.36. The van der Waals surface area contributed by atoms with E-state index in [4.69, 9.17) is 11.6 Å². The van der Waals surface area contributed by atoms with Crippen molar-refractivity contribution in [1.29, 1.82) is 0 Å². The van der Waals surface area contributed by atoms with Crippen molar-refractivity contribution in [3.05, 3.63) is 41.8 Å². The zero-order valence-corrected chi connectivity index (χ0v) is 11.6. The number of carbonyl (C=O) groups is 1. The minimum Gasteiger partial charge on any atom is -0.305 e. The minimum absolute atomic E-state index is 0.0319. The highest BCUT2D eigenvalue weighted by Crippen LogP contribution is 2.41. The lowest BCUT2D eigenvalue weighted by atomic mass is 10.2. The summed E-state index contributed by atoms with van der Waals surface area (Å²) in [5, 5.41) is -0.0319. The first-order chi connectivity index (χ1) is 10.4. The van der Waals surface area contributed by atoms with Crippen LogP contribution in [0.15, 0.2) is 36.5 Å². The molecule has 9 heteroatoms. The highest BCUT2D eigenvalue weighted by molar-refractivity contribution is 6.28. The summed E-state index contributed by atoms with van der Waals surface area (Å²) >= 11 is 5.71. The van der Waals surface area contributed by atoms with Gasteiger partial charge in [0.15, 0.2) is 0 Å². The predicted molar refractivity (Wildman–Crippen MR) is 74.0 cm³/mol.